The van der Waals surface area contributed by atoms with Gasteiger partial charge in [0.05, 0.1) is 0 Å². The van der Waals surface area contributed by atoms with Gasteiger partial charge in [0.1, 0.15) is 0 Å². The van der Waals surface area contributed by atoms with E-state index in [9.17, 15) is 19.8 Å². The summed E-state index contributed by atoms with van der Waals surface area (Å²) in [6, 6.07) is 0. The smallest absolute Gasteiger partial charge is 0.550 e. The van der Waals surface area contributed by atoms with E-state index in [0.29, 0.717) is 0 Å². The van der Waals surface area contributed by atoms with Crippen LogP contribution in [0.2, 0.25) is 0 Å². The predicted octanol–water partition coefficient (Wildman–Crippen LogP) is 5.31. The van der Waals surface area contributed by atoms with Crippen LogP contribution in [0.5, 0.6) is 0 Å². The Bertz CT molecular complexity index is 303. The van der Waals surface area contributed by atoms with E-state index in [4.69, 9.17) is 0 Å². The van der Waals surface area contributed by atoms with Gasteiger partial charge in [0, 0.05) is 11.9 Å². The molecule has 0 aliphatic rings. The molecule has 0 spiro atoms. The van der Waals surface area contributed by atoms with Crippen molar-refractivity contribution < 1.29 is 37.2 Å². The zero-order valence-corrected chi connectivity index (χ0v) is 20.5. The Kier molecular flexibility index (Phi) is 33.9. The molecule has 0 aromatic rings. The van der Waals surface area contributed by atoms with Gasteiger partial charge in [-0.05, 0) is 25.7 Å². The topological polar surface area (TPSA) is 80.3 Å². The molecular formula is C24H46CrO4+. The van der Waals surface area contributed by atoms with Crippen molar-refractivity contribution in [1.82, 2.24) is 0 Å². The van der Waals surface area contributed by atoms with Crippen molar-refractivity contribution in [2.45, 2.75) is 142 Å². The zero-order valence-electron chi connectivity index (χ0n) is 19.2. The third-order valence-corrected chi connectivity index (χ3v) is 4.97. The maximum absolute atomic E-state index is 10.1. The number of carbonyl (C=O) groups is 2. The van der Waals surface area contributed by atoms with E-state index in [1.807, 2.05) is 0 Å². The number of rotatable bonds is 20. The van der Waals surface area contributed by atoms with E-state index in [2.05, 4.69) is 13.8 Å². The molecule has 0 amide bonds. The summed E-state index contributed by atoms with van der Waals surface area (Å²) in [6.45, 7) is 4.44. The summed E-state index contributed by atoms with van der Waals surface area (Å²) in [5.41, 5.74) is 0. The molecule has 0 rings (SSSR count). The summed E-state index contributed by atoms with van der Waals surface area (Å²) in [7, 11) is 0. The minimum absolute atomic E-state index is 0. The summed E-state index contributed by atoms with van der Waals surface area (Å²) >= 11 is 0. The molecule has 171 valence electrons. The van der Waals surface area contributed by atoms with Crippen LogP contribution in [-0.4, -0.2) is 11.9 Å². The monoisotopic (exact) mass is 450 g/mol. The molecule has 0 heterocycles. The molecule has 0 aromatic carbocycles. The van der Waals surface area contributed by atoms with Crippen molar-refractivity contribution >= 4 is 11.9 Å². The molecule has 29 heavy (non-hydrogen) atoms. The van der Waals surface area contributed by atoms with Crippen LogP contribution in [0.15, 0.2) is 0 Å². The fraction of sp³-hybridized carbons (Fsp3) is 0.917. The summed E-state index contributed by atoms with van der Waals surface area (Å²) in [5, 5.41) is 20.2. The van der Waals surface area contributed by atoms with Crippen LogP contribution in [0.3, 0.4) is 0 Å². The maximum Gasteiger partial charge on any atom is 3.00 e. The molecule has 4 nitrogen and oxygen atoms in total. The molecule has 5 heteroatoms. The van der Waals surface area contributed by atoms with Crippen LogP contribution in [0.1, 0.15) is 142 Å². The normalized spacial score (nSPS) is 10.0. The Morgan fingerprint density at radius 1 is 0.448 bits per heavy atom. The largest absolute Gasteiger partial charge is 3.00 e. The molecule has 0 fully saturated rings. The first-order valence-electron chi connectivity index (χ1n) is 11.9. The van der Waals surface area contributed by atoms with Crippen molar-refractivity contribution in [1.29, 1.82) is 0 Å². The second-order valence-corrected chi connectivity index (χ2v) is 7.90. The number of hydrogen-bond donors (Lipinski definition) is 0. The van der Waals surface area contributed by atoms with Gasteiger partial charge in [-0.15, -0.1) is 0 Å². The molecule has 0 saturated carbocycles. The SMILES string of the molecule is CCCCCCCCCCCC(=O)[O-].CCCCCCCCCCCC(=O)[O-].[Cr+3]. The van der Waals surface area contributed by atoms with Gasteiger partial charge in [0.25, 0.3) is 0 Å². The molecular weight excluding hydrogens is 404 g/mol. The summed E-state index contributed by atoms with van der Waals surface area (Å²) in [4.78, 5) is 20.2. The van der Waals surface area contributed by atoms with E-state index < -0.39 is 11.9 Å². The number of carbonyl (C=O) groups excluding carboxylic acids is 2. The van der Waals surface area contributed by atoms with Crippen molar-refractivity contribution in [3.8, 4) is 0 Å². The average molecular weight is 451 g/mol. The molecule has 0 atom stereocenters. The van der Waals surface area contributed by atoms with Crippen molar-refractivity contribution in [3.05, 3.63) is 0 Å². The number of carboxylic acid groups (broad SMARTS) is 2. The Morgan fingerprint density at radius 3 is 0.862 bits per heavy atom. The standard InChI is InChI=1S/2C12H24O2.Cr/c2*1-2-3-4-5-6-7-8-9-10-11-12(13)14;/h2*2-11H2,1H3,(H,13,14);/q;;+3/p-2. The number of carboxylic acids is 2. The van der Waals surface area contributed by atoms with E-state index in [-0.39, 0.29) is 30.2 Å². The Morgan fingerprint density at radius 2 is 0.655 bits per heavy atom. The number of aliphatic carboxylic acids is 2. The summed E-state index contributed by atoms with van der Waals surface area (Å²) < 4.78 is 0. The van der Waals surface area contributed by atoms with E-state index in [0.717, 1.165) is 25.7 Å². The van der Waals surface area contributed by atoms with Crippen LogP contribution in [0.25, 0.3) is 0 Å². The molecule has 0 saturated heterocycles. The molecule has 0 aliphatic heterocycles. The number of hydrogen-bond acceptors (Lipinski definition) is 4. The third-order valence-electron chi connectivity index (χ3n) is 4.97. The first kappa shape index (κ1) is 33.1. The fourth-order valence-electron chi connectivity index (χ4n) is 3.16. The van der Waals surface area contributed by atoms with Crippen molar-refractivity contribution in [2.75, 3.05) is 0 Å². The molecule has 0 aromatic heterocycles. The van der Waals surface area contributed by atoms with Gasteiger partial charge in [-0.1, -0.05) is 117 Å². The second-order valence-electron chi connectivity index (χ2n) is 7.90. The van der Waals surface area contributed by atoms with Crippen LogP contribution < -0.4 is 10.2 Å². The van der Waals surface area contributed by atoms with Crippen LogP contribution in [-0.2, 0) is 27.0 Å². The number of unbranched alkanes of at least 4 members (excludes halogenated alkanes) is 16. The quantitative estimate of drug-likeness (QED) is 0.235. The average Bonchev–Trinajstić information content (AvgIpc) is 2.65. The fourth-order valence-corrected chi connectivity index (χ4v) is 3.16. The van der Waals surface area contributed by atoms with Crippen molar-refractivity contribution in [2.24, 2.45) is 0 Å². The van der Waals surface area contributed by atoms with E-state index in [1.54, 1.807) is 0 Å². The van der Waals surface area contributed by atoms with E-state index >= 15 is 0 Å². The molecule has 0 bridgehead atoms. The van der Waals surface area contributed by atoms with E-state index in [1.165, 1.54) is 89.9 Å². The maximum atomic E-state index is 10.1. The molecule has 0 unspecified atom stereocenters. The zero-order chi connectivity index (χ0) is 21.3. The third kappa shape index (κ3) is 38.7. The first-order valence-corrected chi connectivity index (χ1v) is 11.9. The van der Waals surface area contributed by atoms with Crippen LogP contribution in [0.4, 0.5) is 0 Å². The summed E-state index contributed by atoms with van der Waals surface area (Å²) in [6.07, 6.45) is 22.3. The Balaban J connectivity index is -0.000000451. The van der Waals surface area contributed by atoms with Gasteiger partial charge in [-0.3, -0.25) is 0 Å². The predicted molar refractivity (Wildman–Crippen MR) is 114 cm³/mol. The van der Waals surface area contributed by atoms with Gasteiger partial charge >= 0.3 is 17.4 Å². The molecule has 0 aliphatic carbocycles. The van der Waals surface area contributed by atoms with Gasteiger partial charge in [0.2, 0.25) is 0 Å². The van der Waals surface area contributed by atoms with Gasteiger partial charge < -0.3 is 19.8 Å². The van der Waals surface area contributed by atoms with Gasteiger partial charge in [-0.2, -0.15) is 0 Å². The second kappa shape index (κ2) is 29.7. The minimum atomic E-state index is -0.909. The minimum Gasteiger partial charge on any atom is -0.550 e. The van der Waals surface area contributed by atoms with Gasteiger partial charge in [-0.25, -0.2) is 0 Å². The van der Waals surface area contributed by atoms with Crippen LogP contribution in [0, 0.1) is 0 Å². The Hall–Kier alpha value is -0.528. The Labute approximate surface area is 191 Å². The first-order chi connectivity index (χ1) is 13.5. The summed E-state index contributed by atoms with van der Waals surface area (Å²) in [5.74, 6) is -1.82. The molecule has 1 radical (unpaired) electrons. The van der Waals surface area contributed by atoms with Gasteiger partial charge in [0.15, 0.2) is 0 Å². The van der Waals surface area contributed by atoms with Crippen LogP contribution >= 0.6 is 0 Å². The molecule has 0 N–H and O–H groups in total. The van der Waals surface area contributed by atoms with Crippen molar-refractivity contribution in [3.63, 3.8) is 0 Å².